The Hall–Kier alpha value is -0.240. The van der Waals surface area contributed by atoms with Crippen LogP contribution in [0.2, 0.25) is 10.0 Å². The van der Waals surface area contributed by atoms with Gasteiger partial charge in [-0.25, -0.2) is 0 Å². The maximum Gasteiger partial charge on any atom is 0.153 e. The third-order valence-electron chi connectivity index (χ3n) is 1.41. The maximum absolute atomic E-state index is 10.4. The van der Waals surface area contributed by atoms with Gasteiger partial charge >= 0.3 is 0 Å². The SMILES string of the molecule is O=Cc1c(Cl)cc(CCl)cc1Cl. The van der Waals surface area contributed by atoms with Crippen molar-refractivity contribution >= 4 is 41.1 Å². The highest BCUT2D eigenvalue weighted by Gasteiger charge is 2.06. The zero-order valence-electron chi connectivity index (χ0n) is 5.98. The Kier molecular flexibility index (Phi) is 3.39. The van der Waals surface area contributed by atoms with Gasteiger partial charge in [0.2, 0.25) is 0 Å². The van der Waals surface area contributed by atoms with Crippen molar-refractivity contribution < 1.29 is 4.79 Å². The van der Waals surface area contributed by atoms with Crippen LogP contribution in [-0.4, -0.2) is 6.29 Å². The molecule has 0 saturated heterocycles. The fourth-order valence-electron chi connectivity index (χ4n) is 0.827. The summed E-state index contributed by atoms with van der Waals surface area (Å²) in [5.74, 6) is 0.332. The molecule has 0 aromatic heterocycles. The van der Waals surface area contributed by atoms with Gasteiger partial charge in [0, 0.05) is 5.88 Å². The number of aldehydes is 1. The van der Waals surface area contributed by atoms with E-state index >= 15 is 0 Å². The largest absolute Gasteiger partial charge is 0.298 e. The predicted octanol–water partition coefficient (Wildman–Crippen LogP) is 3.54. The van der Waals surface area contributed by atoms with Crippen LogP contribution in [0, 0.1) is 0 Å². The minimum Gasteiger partial charge on any atom is -0.298 e. The topological polar surface area (TPSA) is 17.1 Å². The van der Waals surface area contributed by atoms with Crippen molar-refractivity contribution in [2.24, 2.45) is 0 Å². The summed E-state index contributed by atoms with van der Waals surface area (Å²) in [7, 11) is 0. The molecule has 0 saturated carbocycles. The van der Waals surface area contributed by atoms with E-state index in [-0.39, 0.29) is 0 Å². The molecule has 0 unspecified atom stereocenters. The molecule has 1 aromatic carbocycles. The van der Waals surface area contributed by atoms with Crippen LogP contribution in [0.4, 0.5) is 0 Å². The minimum absolute atomic E-state index is 0.312. The van der Waals surface area contributed by atoms with Crippen molar-refractivity contribution in [2.45, 2.75) is 5.88 Å². The molecule has 12 heavy (non-hydrogen) atoms. The Labute approximate surface area is 85.2 Å². The third-order valence-corrected chi connectivity index (χ3v) is 2.35. The molecule has 0 heterocycles. The zero-order valence-corrected chi connectivity index (χ0v) is 8.25. The van der Waals surface area contributed by atoms with Crippen LogP contribution < -0.4 is 0 Å². The molecule has 0 N–H and O–H groups in total. The molecule has 1 rings (SSSR count). The second kappa shape index (κ2) is 4.13. The Balaban J connectivity index is 3.27. The van der Waals surface area contributed by atoms with E-state index in [4.69, 9.17) is 34.8 Å². The van der Waals surface area contributed by atoms with Crippen LogP contribution in [0.15, 0.2) is 12.1 Å². The van der Waals surface area contributed by atoms with Crippen molar-refractivity contribution in [3.63, 3.8) is 0 Å². The molecule has 0 atom stereocenters. The van der Waals surface area contributed by atoms with Crippen molar-refractivity contribution in [3.05, 3.63) is 33.3 Å². The van der Waals surface area contributed by atoms with Gasteiger partial charge in [-0.2, -0.15) is 0 Å². The average molecular weight is 223 g/mol. The lowest BCUT2D eigenvalue weighted by molar-refractivity contribution is 0.112. The normalized spacial score (nSPS) is 9.92. The first-order chi connectivity index (χ1) is 5.69. The first kappa shape index (κ1) is 9.85. The highest BCUT2D eigenvalue weighted by Crippen LogP contribution is 2.25. The van der Waals surface area contributed by atoms with Gasteiger partial charge in [-0.05, 0) is 17.7 Å². The van der Waals surface area contributed by atoms with E-state index in [9.17, 15) is 4.79 Å². The molecule has 0 bridgehead atoms. The number of benzene rings is 1. The summed E-state index contributed by atoms with van der Waals surface area (Å²) >= 11 is 17.0. The van der Waals surface area contributed by atoms with Gasteiger partial charge in [-0.1, -0.05) is 23.2 Å². The van der Waals surface area contributed by atoms with Crippen LogP contribution in [0.5, 0.6) is 0 Å². The van der Waals surface area contributed by atoms with E-state index < -0.39 is 0 Å². The molecular formula is C8H5Cl3O. The van der Waals surface area contributed by atoms with Crippen molar-refractivity contribution in [1.82, 2.24) is 0 Å². The summed E-state index contributed by atoms with van der Waals surface area (Å²) in [5, 5.41) is 0.682. The Morgan fingerprint density at radius 3 is 2.08 bits per heavy atom. The molecule has 0 aliphatic rings. The van der Waals surface area contributed by atoms with Crippen LogP contribution >= 0.6 is 34.8 Å². The van der Waals surface area contributed by atoms with E-state index in [0.717, 1.165) is 5.56 Å². The first-order valence-electron chi connectivity index (χ1n) is 3.18. The molecule has 0 aliphatic carbocycles. The number of rotatable bonds is 2. The van der Waals surface area contributed by atoms with E-state index in [1.165, 1.54) is 0 Å². The number of carbonyl (C=O) groups is 1. The molecule has 1 aromatic rings. The Morgan fingerprint density at radius 1 is 1.25 bits per heavy atom. The van der Waals surface area contributed by atoms with Crippen LogP contribution in [0.3, 0.4) is 0 Å². The third kappa shape index (κ3) is 1.92. The summed E-state index contributed by atoms with van der Waals surface area (Å²) in [5.41, 5.74) is 1.12. The van der Waals surface area contributed by atoms with E-state index in [2.05, 4.69) is 0 Å². The summed E-state index contributed by atoms with van der Waals surface area (Å²) in [6.07, 6.45) is 0.628. The fourth-order valence-corrected chi connectivity index (χ4v) is 1.60. The molecule has 1 nitrogen and oxygen atoms in total. The van der Waals surface area contributed by atoms with E-state index in [1.54, 1.807) is 12.1 Å². The van der Waals surface area contributed by atoms with E-state index in [0.29, 0.717) is 27.8 Å². The number of hydrogen-bond donors (Lipinski definition) is 0. The van der Waals surface area contributed by atoms with Gasteiger partial charge in [-0.15, -0.1) is 11.6 Å². The standard InChI is InChI=1S/C8H5Cl3O/c9-3-5-1-7(10)6(4-12)8(11)2-5/h1-2,4H,3H2. The summed E-state index contributed by atoms with van der Waals surface area (Å²) in [6.45, 7) is 0. The van der Waals surface area contributed by atoms with Gasteiger partial charge in [0.15, 0.2) is 6.29 Å². The second-order valence-electron chi connectivity index (χ2n) is 2.22. The smallest absolute Gasteiger partial charge is 0.153 e. The van der Waals surface area contributed by atoms with Crippen molar-refractivity contribution in [2.75, 3.05) is 0 Å². The van der Waals surface area contributed by atoms with Gasteiger partial charge in [0.1, 0.15) is 0 Å². The predicted molar refractivity (Wildman–Crippen MR) is 51.4 cm³/mol. The lowest BCUT2D eigenvalue weighted by Crippen LogP contribution is -1.87. The number of hydrogen-bond acceptors (Lipinski definition) is 1. The number of halogens is 3. The van der Waals surface area contributed by atoms with Gasteiger partial charge < -0.3 is 0 Å². The highest BCUT2D eigenvalue weighted by atomic mass is 35.5. The van der Waals surface area contributed by atoms with Gasteiger partial charge in [0.25, 0.3) is 0 Å². The monoisotopic (exact) mass is 222 g/mol. The molecule has 0 spiro atoms. The molecule has 0 radical (unpaired) electrons. The summed E-state index contributed by atoms with van der Waals surface area (Å²) in [6, 6.07) is 3.26. The molecule has 0 fully saturated rings. The number of carbonyl (C=O) groups excluding carboxylic acids is 1. The second-order valence-corrected chi connectivity index (χ2v) is 3.31. The molecule has 0 aliphatic heterocycles. The fraction of sp³-hybridized carbons (Fsp3) is 0.125. The number of alkyl halides is 1. The van der Waals surface area contributed by atoms with Crippen molar-refractivity contribution in [1.29, 1.82) is 0 Å². The van der Waals surface area contributed by atoms with Gasteiger partial charge in [0.05, 0.1) is 15.6 Å². The Bertz CT molecular complexity index is 286. The molecule has 64 valence electrons. The highest BCUT2D eigenvalue weighted by molar-refractivity contribution is 6.38. The minimum atomic E-state index is 0.312. The zero-order chi connectivity index (χ0) is 9.14. The quantitative estimate of drug-likeness (QED) is 0.554. The molecule has 0 amide bonds. The van der Waals surface area contributed by atoms with Crippen molar-refractivity contribution in [3.8, 4) is 0 Å². The molecular weight excluding hydrogens is 218 g/mol. The summed E-state index contributed by atoms with van der Waals surface area (Å²) in [4.78, 5) is 10.4. The van der Waals surface area contributed by atoms with Crippen LogP contribution in [-0.2, 0) is 5.88 Å². The summed E-state index contributed by atoms with van der Waals surface area (Å²) < 4.78 is 0. The Morgan fingerprint density at radius 2 is 1.75 bits per heavy atom. The first-order valence-corrected chi connectivity index (χ1v) is 4.47. The van der Waals surface area contributed by atoms with Crippen LogP contribution in [0.25, 0.3) is 0 Å². The average Bonchev–Trinajstić information content (AvgIpc) is 2.03. The lowest BCUT2D eigenvalue weighted by atomic mass is 10.2. The van der Waals surface area contributed by atoms with Crippen LogP contribution in [0.1, 0.15) is 15.9 Å². The maximum atomic E-state index is 10.4. The lowest BCUT2D eigenvalue weighted by Gasteiger charge is -2.01. The van der Waals surface area contributed by atoms with E-state index in [1.807, 2.05) is 0 Å². The molecule has 4 heteroatoms. The van der Waals surface area contributed by atoms with Gasteiger partial charge in [-0.3, -0.25) is 4.79 Å².